The van der Waals surface area contributed by atoms with E-state index >= 15 is 0 Å². The average Bonchev–Trinajstić information content (AvgIpc) is 2.23. The summed E-state index contributed by atoms with van der Waals surface area (Å²) < 4.78 is 5.31. The molecule has 16 heavy (non-hydrogen) atoms. The molecule has 3 nitrogen and oxygen atoms in total. The fourth-order valence-electron chi connectivity index (χ4n) is 1.36. The van der Waals surface area contributed by atoms with Crippen LogP contribution in [0, 0.1) is 13.8 Å². The lowest BCUT2D eigenvalue weighted by atomic mass is 10.1. The molecule has 0 unspecified atom stereocenters. The van der Waals surface area contributed by atoms with E-state index in [9.17, 15) is 4.79 Å². The summed E-state index contributed by atoms with van der Waals surface area (Å²) in [6.45, 7) is 6.65. The van der Waals surface area contributed by atoms with Crippen molar-refractivity contribution in [2.45, 2.75) is 27.2 Å². The molecule has 0 aliphatic rings. The van der Waals surface area contributed by atoms with Gasteiger partial charge in [-0.2, -0.15) is 0 Å². The smallest absolute Gasteiger partial charge is 0.132 e. The fraction of sp³-hybridized carbons (Fsp3) is 0.462. The molecule has 1 N–H and O–H groups in total. The van der Waals surface area contributed by atoms with Gasteiger partial charge in [0.25, 0.3) is 0 Å². The molecule has 90 valence electrons. The number of Topliss-reactive ketones (excluding diaryl/α,β-unsaturated/α-hetero) is 1. The van der Waals surface area contributed by atoms with Crippen LogP contribution in [-0.2, 0) is 9.53 Å². The van der Waals surface area contributed by atoms with Crippen LogP contribution in [0.5, 0.6) is 0 Å². The fourth-order valence-corrected chi connectivity index (χ4v) is 1.36. The maximum absolute atomic E-state index is 10.7. The molecule has 3 heteroatoms. The number of carbonyl (C=O) groups excluding carboxylic acids is 1. The Kier molecular flexibility index (Phi) is 4.99. The van der Waals surface area contributed by atoms with E-state index in [-0.39, 0.29) is 7.21 Å². The number of hydrogen-bond acceptors (Lipinski definition) is 3. The summed E-state index contributed by atoms with van der Waals surface area (Å²) in [5, 5.41) is 3.19. The Balaban J connectivity index is 0.00000256. The maximum Gasteiger partial charge on any atom is 0.132 e. The molecular formula is C13H21NO2. The number of anilines is 1. The summed E-state index contributed by atoms with van der Waals surface area (Å²) in [6, 6.07) is 6.12. The van der Waals surface area contributed by atoms with Gasteiger partial charge in [0.15, 0.2) is 0 Å². The first kappa shape index (κ1) is 12.7. The second-order valence-electron chi connectivity index (χ2n) is 3.93. The normalized spacial score (nSPS) is 10.2. The van der Waals surface area contributed by atoms with Crippen LogP contribution in [0.3, 0.4) is 0 Å². The van der Waals surface area contributed by atoms with Gasteiger partial charge in [-0.05, 0) is 38.0 Å². The van der Waals surface area contributed by atoms with Gasteiger partial charge in [0, 0.05) is 13.5 Å². The van der Waals surface area contributed by atoms with Crippen LogP contribution in [0.15, 0.2) is 18.2 Å². The first-order valence-electron chi connectivity index (χ1n) is 5.48. The zero-order valence-corrected chi connectivity index (χ0v) is 10.2. The Hall–Kier alpha value is -1.35. The van der Waals surface area contributed by atoms with Gasteiger partial charge in [0.2, 0.25) is 0 Å². The highest BCUT2D eigenvalue weighted by Gasteiger charge is 1.99. The molecule has 0 amide bonds. The molecule has 1 aromatic carbocycles. The molecule has 0 saturated carbocycles. The minimum absolute atomic E-state index is 0. The van der Waals surface area contributed by atoms with Crippen molar-refractivity contribution >= 4 is 11.5 Å². The lowest BCUT2D eigenvalue weighted by Crippen LogP contribution is -2.09. The minimum Gasteiger partial charge on any atom is -0.362 e. The maximum atomic E-state index is 10.7. The van der Waals surface area contributed by atoms with E-state index in [1.54, 1.807) is 6.92 Å². The van der Waals surface area contributed by atoms with Crippen molar-refractivity contribution < 1.29 is 11.0 Å². The third-order valence-electron chi connectivity index (χ3n) is 2.57. The van der Waals surface area contributed by atoms with Crippen LogP contribution in [0.2, 0.25) is 0 Å². The molecule has 0 spiro atoms. The number of ether oxygens (including phenoxy) is 1. The number of carbonyl (C=O) groups is 1. The number of hydrogen-bond donors (Lipinski definition) is 1. The zero-order valence-electron chi connectivity index (χ0n) is 10.2. The first-order valence-corrected chi connectivity index (χ1v) is 5.48. The summed E-state index contributed by atoms with van der Waals surface area (Å²) in [7, 11) is 0. The standard InChI is InChI=1S/C13H19NO2.H2/c1-10-5-4-6-13(12(10)3)14-9-16-8-7-11(2)15;/h4-6,14H,7-9H2,1-3H3;1H. The molecule has 0 bridgehead atoms. The monoisotopic (exact) mass is 223 g/mol. The van der Waals surface area contributed by atoms with Gasteiger partial charge in [-0.3, -0.25) is 4.79 Å². The molecule has 0 atom stereocenters. The molecule has 0 radical (unpaired) electrons. The van der Waals surface area contributed by atoms with Gasteiger partial charge in [-0.25, -0.2) is 0 Å². The summed E-state index contributed by atoms with van der Waals surface area (Å²) >= 11 is 0. The van der Waals surface area contributed by atoms with Gasteiger partial charge in [-0.1, -0.05) is 12.1 Å². The lowest BCUT2D eigenvalue weighted by molar-refractivity contribution is -0.117. The number of rotatable bonds is 6. The molecule has 1 rings (SSSR count). The summed E-state index contributed by atoms with van der Waals surface area (Å²) in [5.74, 6) is 0.159. The number of aryl methyl sites for hydroxylation is 1. The molecule has 0 aromatic heterocycles. The van der Waals surface area contributed by atoms with E-state index in [0.717, 1.165) is 5.69 Å². The van der Waals surface area contributed by atoms with Crippen molar-refractivity contribution in [3.05, 3.63) is 29.3 Å². The van der Waals surface area contributed by atoms with Gasteiger partial charge in [0.1, 0.15) is 12.5 Å². The van der Waals surface area contributed by atoms with Crippen molar-refractivity contribution in [2.75, 3.05) is 18.7 Å². The Morgan fingerprint density at radius 2 is 2.19 bits per heavy atom. The van der Waals surface area contributed by atoms with Gasteiger partial charge in [-0.15, -0.1) is 0 Å². The van der Waals surface area contributed by atoms with Crippen LogP contribution in [0.1, 0.15) is 25.9 Å². The van der Waals surface area contributed by atoms with E-state index in [0.29, 0.717) is 19.8 Å². The highest BCUT2D eigenvalue weighted by Crippen LogP contribution is 2.17. The van der Waals surface area contributed by atoms with Crippen molar-refractivity contribution in [3.63, 3.8) is 0 Å². The Morgan fingerprint density at radius 3 is 2.88 bits per heavy atom. The Labute approximate surface area is 98.3 Å². The van der Waals surface area contributed by atoms with Crippen LogP contribution in [0.4, 0.5) is 5.69 Å². The van der Waals surface area contributed by atoms with E-state index in [4.69, 9.17) is 4.74 Å². The van der Waals surface area contributed by atoms with Crippen LogP contribution >= 0.6 is 0 Å². The predicted molar refractivity (Wildman–Crippen MR) is 67.8 cm³/mol. The molecule has 0 heterocycles. The molecule has 0 saturated heterocycles. The molecular weight excluding hydrogens is 202 g/mol. The quantitative estimate of drug-likeness (QED) is 0.595. The first-order chi connectivity index (χ1) is 7.61. The summed E-state index contributed by atoms with van der Waals surface area (Å²) in [6.07, 6.45) is 0.481. The van der Waals surface area contributed by atoms with E-state index in [1.165, 1.54) is 11.1 Å². The SMILES string of the molecule is CC(=O)CCOCNc1cccc(C)c1C.[HH]. The number of nitrogens with one attached hydrogen (secondary N) is 1. The van der Waals surface area contributed by atoms with Gasteiger partial charge >= 0.3 is 0 Å². The second kappa shape index (κ2) is 6.28. The van der Waals surface area contributed by atoms with E-state index < -0.39 is 0 Å². The summed E-state index contributed by atoms with van der Waals surface area (Å²) in [5.41, 5.74) is 3.58. The topological polar surface area (TPSA) is 38.3 Å². The molecule has 0 aliphatic carbocycles. The van der Waals surface area contributed by atoms with Crippen LogP contribution in [-0.4, -0.2) is 19.1 Å². The number of ketones is 1. The highest BCUT2D eigenvalue weighted by molar-refractivity contribution is 5.75. The third-order valence-corrected chi connectivity index (χ3v) is 2.57. The largest absolute Gasteiger partial charge is 0.362 e. The molecule has 0 fully saturated rings. The van der Waals surface area contributed by atoms with E-state index in [1.807, 2.05) is 12.1 Å². The number of benzene rings is 1. The average molecular weight is 223 g/mol. The Morgan fingerprint density at radius 1 is 1.44 bits per heavy atom. The highest BCUT2D eigenvalue weighted by atomic mass is 16.5. The molecule has 1 aromatic rings. The van der Waals surface area contributed by atoms with Crippen molar-refractivity contribution in [1.82, 2.24) is 0 Å². The van der Waals surface area contributed by atoms with Gasteiger partial charge in [0.05, 0.1) is 6.61 Å². The van der Waals surface area contributed by atoms with Crippen molar-refractivity contribution in [2.24, 2.45) is 0 Å². The third kappa shape index (κ3) is 4.03. The van der Waals surface area contributed by atoms with E-state index in [2.05, 4.69) is 25.2 Å². The summed E-state index contributed by atoms with van der Waals surface area (Å²) in [4.78, 5) is 10.7. The van der Waals surface area contributed by atoms with Gasteiger partial charge < -0.3 is 10.1 Å². The van der Waals surface area contributed by atoms with Crippen molar-refractivity contribution in [3.8, 4) is 0 Å². The second-order valence-corrected chi connectivity index (χ2v) is 3.93. The Bertz CT molecular complexity index is 366. The van der Waals surface area contributed by atoms with Crippen molar-refractivity contribution in [1.29, 1.82) is 0 Å². The van der Waals surface area contributed by atoms with Crippen LogP contribution < -0.4 is 5.32 Å². The lowest BCUT2D eigenvalue weighted by Gasteiger charge is -2.11. The predicted octanol–water partition coefficient (Wildman–Crippen LogP) is 2.91. The molecule has 0 aliphatic heterocycles. The zero-order chi connectivity index (χ0) is 12.0. The minimum atomic E-state index is 0. The van der Waals surface area contributed by atoms with Crippen LogP contribution in [0.25, 0.3) is 0 Å².